The molecule has 0 amide bonds. The molecule has 0 aliphatic heterocycles. The topological polar surface area (TPSA) is 37.3 Å². The highest BCUT2D eigenvalue weighted by Crippen LogP contribution is 2.26. The third kappa shape index (κ3) is 2.60. The van der Waals surface area contributed by atoms with Gasteiger partial charge in [-0.25, -0.2) is 4.79 Å². The van der Waals surface area contributed by atoms with Gasteiger partial charge in [-0.15, -0.1) is 6.58 Å². The molecule has 0 aromatic rings. The molecule has 0 radical (unpaired) electrons. The zero-order chi connectivity index (χ0) is 10.6. The van der Waals surface area contributed by atoms with Gasteiger partial charge in [0.1, 0.15) is 0 Å². The second-order valence-electron chi connectivity index (χ2n) is 2.94. The maximum absolute atomic E-state index is 10.7. The summed E-state index contributed by atoms with van der Waals surface area (Å²) in [6.45, 7) is 3.60. The molecule has 2 nitrogen and oxygen atoms in total. The predicted octanol–water partition coefficient (Wildman–Crippen LogP) is 3.03. The molecular formula is C11H11ClO2. The molecule has 0 aromatic carbocycles. The van der Waals surface area contributed by atoms with Gasteiger partial charge in [0, 0.05) is 11.5 Å². The summed E-state index contributed by atoms with van der Waals surface area (Å²) in [7, 11) is 0. The van der Waals surface area contributed by atoms with Gasteiger partial charge in [-0.3, -0.25) is 0 Å². The van der Waals surface area contributed by atoms with Gasteiger partial charge < -0.3 is 5.11 Å². The van der Waals surface area contributed by atoms with Gasteiger partial charge in [-0.05, 0) is 18.1 Å². The second-order valence-corrected chi connectivity index (χ2v) is 3.39. The van der Waals surface area contributed by atoms with E-state index in [1.54, 1.807) is 12.2 Å². The average Bonchev–Trinajstić information content (AvgIpc) is 2.14. The second kappa shape index (κ2) is 4.82. The Bertz CT molecular complexity index is 348. The normalized spacial score (nSPS) is 18.8. The highest BCUT2D eigenvalue weighted by Gasteiger charge is 2.14. The first kappa shape index (κ1) is 10.8. The lowest BCUT2D eigenvalue weighted by molar-refractivity contribution is -0.132. The van der Waals surface area contributed by atoms with E-state index in [0.29, 0.717) is 11.5 Å². The van der Waals surface area contributed by atoms with Crippen molar-refractivity contribution in [1.29, 1.82) is 0 Å². The molecular weight excluding hydrogens is 200 g/mol. The molecule has 1 rings (SSSR count). The van der Waals surface area contributed by atoms with Crippen molar-refractivity contribution in [1.82, 2.24) is 0 Å². The molecule has 0 heterocycles. The Labute approximate surface area is 87.9 Å². The zero-order valence-corrected chi connectivity index (χ0v) is 8.42. The van der Waals surface area contributed by atoms with Crippen molar-refractivity contribution in [3.05, 3.63) is 47.1 Å². The van der Waals surface area contributed by atoms with Gasteiger partial charge >= 0.3 is 5.97 Å². The minimum absolute atomic E-state index is 0.183. The highest BCUT2D eigenvalue weighted by atomic mass is 35.5. The van der Waals surface area contributed by atoms with E-state index in [1.807, 2.05) is 6.08 Å². The lowest BCUT2D eigenvalue weighted by atomic mass is 10.0. The van der Waals surface area contributed by atoms with Crippen LogP contribution in [0.5, 0.6) is 0 Å². The van der Waals surface area contributed by atoms with Gasteiger partial charge in [0.05, 0.1) is 5.57 Å². The number of hydrogen-bond acceptors (Lipinski definition) is 1. The van der Waals surface area contributed by atoms with Crippen molar-refractivity contribution in [3.63, 3.8) is 0 Å². The van der Waals surface area contributed by atoms with Crippen molar-refractivity contribution < 1.29 is 9.90 Å². The van der Waals surface area contributed by atoms with Crippen LogP contribution in [-0.4, -0.2) is 11.1 Å². The van der Waals surface area contributed by atoms with Crippen LogP contribution in [0.3, 0.4) is 0 Å². The summed E-state index contributed by atoms with van der Waals surface area (Å²) in [5.41, 5.74) is 1.21. The number of rotatable bonds is 3. The minimum Gasteiger partial charge on any atom is -0.478 e. The molecule has 0 saturated carbocycles. The van der Waals surface area contributed by atoms with E-state index in [0.717, 1.165) is 12.0 Å². The Morgan fingerprint density at radius 2 is 2.36 bits per heavy atom. The van der Waals surface area contributed by atoms with Crippen molar-refractivity contribution in [2.24, 2.45) is 0 Å². The Kier molecular flexibility index (Phi) is 3.72. The van der Waals surface area contributed by atoms with E-state index >= 15 is 0 Å². The Morgan fingerprint density at radius 1 is 1.64 bits per heavy atom. The van der Waals surface area contributed by atoms with Crippen LogP contribution in [0.25, 0.3) is 0 Å². The first-order valence-corrected chi connectivity index (χ1v) is 4.63. The molecule has 1 N–H and O–H groups in total. The van der Waals surface area contributed by atoms with Crippen molar-refractivity contribution in [2.75, 3.05) is 0 Å². The fraction of sp³-hybridized carbons (Fsp3) is 0.182. The quantitative estimate of drug-likeness (QED) is 0.727. The van der Waals surface area contributed by atoms with Crippen LogP contribution in [0.1, 0.15) is 12.8 Å². The summed E-state index contributed by atoms with van der Waals surface area (Å²) >= 11 is 5.83. The molecule has 0 spiro atoms. The number of aliphatic carboxylic acids is 1. The number of halogens is 1. The maximum Gasteiger partial charge on any atom is 0.336 e. The standard InChI is InChI=1S/C11H11ClO2/c1-2-3-4-8-5-6-9(11(13)14)10(12)7-8/h2,4-6H,1,3,7H2,(H,13,14). The molecule has 0 unspecified atom stereocenters. The Balaban J connectivity index is 2.80. The lowest BCUT2D eigenvalue weighted by Crippen LogP contribution is -2.03. The van der Waals surface area contributed by atoms with E-state index < -0.39 is 5.97 Å². The van der Waals surface area contributed by atoms with Gasteiger partial charge in [0.25, 0.3) is 0 Å². The summed E-state index contributed by atoms with van der Waals surface area (Å²) in [6.07, 6.45) is 8.33. The van der Waals surface area contributed by atoms with Crippen molar-refractivity contribution in [3.8, 4) is 0 Å². The molecule has 0 bridgehead atoms. The number of hydrogen-bond donors (Lipinski definition) is 1. The van der Waals surface area contributed by atoms with Crippen LogP contribution in [0.15, 0.2) is 47.1 Å². The van der Waals surface area contributed by atoms with Gasteiger partial charge in [0.15, 0.2) is 0 Å². The molecule has 0 atom stereocenters. The fourth-order valence-electron chi connectivity index (χ4n) is 1.18. The fourth-order valence-corrected chi connectivity index (χ4v) is 1.47. The summed E-state index contributed by atoms with van der Waals surface area (Å²) in [4.78, 5) is 10.7. The largest absolute Gasteiger partial charge is 0.478 e. The molecule has 0 saturated heterocycles. The molecule has 3 heteroatoms. The van der Waals surface area contributed by atoms with E-state index in [2.05, 4.69) is 6.58 Å². The summed E-state index contributed by atoms with van der Waals surface area (Å²) < 4.78 is 0. The summed E-state index contributed by atoms with van der Waals surface area (Å²) in [5.74, 6) is -0.978. The SMILES string of the molecule is C=CCC=C1C=CC(C(=O)O)=C(Cl)C1. The van der Waals surface area contributed by atoms with E-state index in [9.17, 15) is 4.79 Å². The van der Waals surface area contributed by atoms with E-state index in [4.69, 9.17) is 16.7 Å². The first-order valence-electron chi connectivity index (χ1n) is 4.25. The van der Waals surface area contributed by atoms with E-state index in [-0.39, 0.29) is 5.57 Å². The molecule has 1 aliphatic rings. The predicted molar refractivity (Wildman–Crippen MR) is 57.2 cm³/mol. The van der Waals surface area contributed by atoms with Crippen molar-refractivity contribution >= 4 is 17.6 Å². The van der Waals surface area contributed by atoms with Gasteiger partial charge in [-0.2, -0.15) is 0 Å². The van der Waals surface area contributed by atoms with Crippen LogP contribution < -0.4 is 0 Å². The number of carboxylic acids is 1. The smallest absolute Gasteiger partial charge is 0.336 e. The van der Waals surface area contributed by atoms with Crippen LogP contribution in [0.2, 0.25) is 0 Å². The number of carboxylic acid groups (broad SMARTS) is 1. The molecule has 0 aromatic heterocycles. The summed E-state index contributed by atoms with van der Waals surface area (Å²) in [6, 6.07) is 0. The zero-order valence-electron chi connectivity index (χ0n) is 7.66. The molecule has 74 valence electrons. The molecule has 14 heavy (non-hydrogen) atoms. The van der Waals surface area contributed by atoms with Crippen molar-refractivity contribution in [2.45, 2.75) is 12.8 Å². The third-order valence-electron chi connectivity index (χ3n) is 1.89. The summed E-state index contributed by atoms with van der Waals surface area (Å²) in [5, 5.41) is 9.13. The minimum atomic E-state index is -0.978. The number of carbonyl (C=O) groups is 1. The lowest BCUT2D eigenvalue weighted by Gasteiger charge is -2.09. The first-order chi connectivity index (χ1) is 6.65. The highest BCUT2D eigenvalue weighted by molar-refractivity contribution is 6.32. The third-order valence-corrected chi connectivity index (χ3v) is 2.23. The van der Waals surface area contributed by atoms with Crippen LogP contribution in [-0.2, 0) is 4.79 Å². The monoisotopic (exact) mass is 210 g/mol. The molecule has 0 fully saturated rings. The number of allylic oxidation sites excluding steroid dienone is 5. The Hall–Kier alpha value is -1.28. The maximum atomic E-state index is 10.7. The van der Waals surface area contributed by atoms with Crippen LogP contribution in [0.4, 0.5) is 0 Å². The molecule has 1 aliphatic carbocycles. The van der Waals surface area contributed by atoms with E-state index in [1.165, 1.54) is 6.08 Å². The Morgan fingerprint density at radius 3 is 2.86 bits per heavy atom. The van der Waals surface area contributed by atoms with Crippen LogP contribution >= 0.6 is 11.6 Å². The van der Waals surface area contributed by atoms with Gasteiger partial charge in [0.2, 0.25) is 0 Å². The average molecular weight is 211 g/mol. The van der Waals surface area contributed by atoms with Crippen LogP contribution in [0, 0.1) is 0 Å². The van der Waals surface area contributed by atoms with Gasteiger partial charge in [-0.1, -0.05) is 29.8 Å².